The Bertz CT molecular complexity index is 234. The van der Waals surface area contributed by atoms with Crippen molar-refractivity contribution in [2.45, 2.75) is 18.5 Å². The van der Waals surface area contributed by atoms with E-state index >= 15 is 0 Å². The molecule has 12 heavy (non-hydrogen) atoms. The van der Waals surface area contributed by atoms with Crippen LogP contribution >= 0.6 is 11.3 Å². The number of hydrogen-bond acceptors (Lipinski definition) is 4. The summed E-state index contributed by atoms with van der Waals surface area (Å²) in [4.78, 5) is 1.39. The van der Waals surface area contributed by atoms with Crippen molar-refractivity contribution in [2.75, 3.05) is 6.54 Å². The summed E-state index contributed by atoms with van der Waals surface area (Å²) in [5, 5.41) is 2.10. The molecule has 0 amide bonds. The maximum atomic E-state index is 5.55. The van der Waals surface area contributed by atoms with Crippen LogP contribution in [0.4, 0.5) is 0 Å². The molecule has 2 unspecified atom stereocenters. The molecule has 1 aliphatic heterocycles. The third-order valence-corrected chi connectivity index (χ3v) is 3.14. The van der Waals surface area contributed by atoms with Crippen molar-refractivity contribution < 1.29 is 0 Å². The van der Waals surface area contributed by atoms with Gasteiger partial charge in [-0.3, -0.25) is 5.43 Å². The number of nitrogens with one attached hydrogen (secondary N) is 2. The van der Waals surface area contributed by atoms with Gasteiger partial charge in [-0.05, 0) is 17.9 Å². The number of hydrazine groups is 1. The van der Waals surface area contributed by atoms with Gasteiger partial charge in [0.1, 0.15) is 0 Å². The average molecular weight is 183 g/mol. The monoisotopic (exact) mass is 183 g/mol. The van der Waals surface area contributed by atoms with Crippen LogP contribution in [0.3, 0.4) is 0 Å². The van der Waals surface area contributed by atoms with Gasteiger partial charge in [-0.2, -0.15) is 0 Å². The molecule has 2 rings (SSSR count). The minimum absolute atomic E-state index is 0.428. The van der Waals surface area contributed by atoms with Crippen molar-refractivity contribution in [3.05, 3.63) is 22.4 Å². The zero-order valence-electron chi connectivity index (χ0n) is 6.79. The first kappa shape index (κ1) is 8.19. The standard InChI is InChI=1S/C8H13N3S/c9-5-6-4-7(11-10-6)8-2-1-3-12-8/h1-3,6-7,10-11H,4-5,9H2. The molecular formula is C8H13N3S. The highest BCUT2D eigenvalue weighted by atomic mass is 32.1. The first-order valence-corrected chi connectivity index (χ1v) is 5.02. The van der Waals surface area contributed by atoms with Gasteiger partial charge in [-0.15, -0.1) is 11.3 Å². The van der Waals surface area contributed by atoms with Gasteiger partial charge in [0.25, 0.3) is 0 Å². The lowest BCUT2D eigenvalue weighted by Crippen LogP contribution is -2.35. The van der Waals surface area contributed by atoms with Crippen molar-refractivity contribution in [3.8, 4) is 0 Å². The van der Waals surface area contributed by atoms with E-state index in [1.54, 1.807) is 11.3 Å². The van der Waals surface area contributed by atoms with E-state index in [2.05, 4.69) is 28.4 Å². The second-order valence-electron chi connectivity index (χ2n) is 3.03. The first-order chi connectivity index (χ1) is 5.90. The summed E-state index contributed by atoms with van der Waals surface area (Å²) in [6.07, 6.45) is 1.09. The molecule has 1 fully saturated rings. The van der Waals surface area contributed by atoms with Crippen LogP contribution in [0.1, 0.15) is 17.3 Å². The molecule has 0 bridgehead atoms. The Labute approximate surface area is 75.9 Å². The fourth-order valence-corrected chi connectivity index (χ4v) is 2.24. The van der Waals surface area contributed by atoms with E-state index in [1.807, 2.05) is 0 Å². The lowest BCUT2D eigenvalue weighted by molar-refractivity contribution is 0.549. The third-order valence-electron chi connectivity index (χ3n) is 2.15. The third kappa shape index (κ3) is 1.51. The van der Waals surface area contributed by atoms with E-state index in [-0.39, 0.29) is 0 Å². The maximum absolute atomic E-state index is 5.55. The van der Waals surface area contributed by atoms with E-state index in [4.69, 9.17) is 5.73 Å². The number of nitrogens with two attached hydrogens (primary N) is 1. The predicted octanol–water partition coefficient (Wildman–Crippen LogP) is 0.614. The number of rotatable bonds is 2. The fraction of sp³-hybridized carbons (Fsp3) is 0.500. The highest BCUT2D eigenvalue weighted by Crippen LogP contribution is 2.25. The SMILES string of the molecule is NCC1CC(c2cccs2)NN1. The van der Waals surface area contributed by atoms with Gasteiger partial charge in [-0.1, -0.05) is 6.07 Å². The summed E-state index contributed by atoms with van der Waals surface area (Å²) in [6, 6.07) is 5.12. The highest BCUT2D eigenvalue weighted by molar-refractivity contribution is 7.10. The Balaban J connectivity index is 2.00. The molecule has 2 heterocycles. The van der Waals surface area contributed by atoms with Crippen LogP contribution in [0.15, 0.2) is 17.5 Å². The van der Waals surface area contributed by atoms with E-state index in [9.17, 15) is 0 Å². The van der Waals surface area contributed by atoms with Crippen molar-refractivity contribution in [1.29, 1.82) is 0 Å². The summed E-state index contributed by atoms with van der Waals surface area (Å²) in [5.41, 5.74) is 12.0. The molecule has 3 nitrogen and oxygen atoms in total. The van der Waals surface area contributed by atoms with Crippen LogP contribution in [0.2, 0.25) is 0 Å². The quantitative estimate of drug-likeness (QED) is 0.630. The average Bonchev–Trinajstić information content (AvgIpc) is 2.75. The number of thiophene rings is 1. The molecule has 0 saturated carbocycles. The van der Waals surface area contributed by atoms with Gasteiger partial charge in [-0.25, -0.2) is 5.43 Å². The van der Waals surface area contributed by atoms with Crippen LogP contribution in [-0.2, 0) is 0 Å². The fourth-order valence-electron chi connectivity index (χ4n) is 1.45. The van der Waals surface area contributed by atoms with Gasteiger partial charge in [0.2, 0.25) is 0 Å². The minimum atomic E-state index is 0.428. The predicted molar refractivity (Wildman–Crippen MR) is 50.8 cm³/mol. The molecule has 0 aliphatic carbocycles. The summed E-state index contributed by atoms with van der Waals surface area (Å²) >= 11 is 1.79. The lowest BCUT2D eigenvalue weighted by Gasteiger charge is -2.04. The number of hydrogen-bond donors (Lipinski definition) is 3. The van der Waals surface area contributed by atoms with Gasteiger partial charge in [0.05, 0.1) is 6.04 Å². The molecule has 1 saturated heterocycles. The second kappa shape index (κ2) is 3.53. The van der Waals surface area contributed by atoms with Gasteiger partial charge in [0.15, 0.2) is 0 Å². The van der Waals surface area contributed by atoms with Gasteiger partial charge < -0.3 is 5.73 Å². The van der Waals surface area contributed by atoms with Crippen LogP contribution in [0.25, 0.3) is 0 Å². The van der Waals surface area contributed by atoms with Crippen LogP contribution in [0, 0.1) is 0 Å². The van der Waals surface area contributed by atoms with Crippen LogP contribution < -0.4 is 16.6 Å². The largest absolute Gasteiger partial charge is 0.329 e. The maximum Gasteiger partial charge on any atom is 0.0571 e. The van der Waals surface area contributed by atoms with Gasteiger partial charge in [0, 0.05) is 17.5 Å². The molecule has 66 valence electrons. The molecule has 0 radical (unpaired) electrons. The molecule has 4 N–H and O–H groups in total. The second-order valence-corrected chi connectivity index (χ2v) is 4.00. The highest BCUT2D eigenvalue weighted by Gasteiger charge is 2.23. The van der Waals surface area contributed by atoms with Gasteiger partial charge >= 0.3 is 0 Å². The van der Waals surface area contributed by atoms with E-state index in [1.165, 1.54) is 4.88 Å². The molecule has 1 aliphatic rings. The Morgan fingerprint density at radius 2 is 2.50 bits per heavy atom. The van der Waals surface area contributed by atoms with E-state index in [0.29, 0.717) is 18.6 Å². The lowest BCUT2D eigenvalue weighted by atomic mass is 10.1. The Hall–Kier alpha value is -0.420. The Kier molecular flexibility index (Phi) is 2.41. The summed E-state index contributed by atoms with van der Waals surface area (Å²) in [6.45, 7) is 0.703. The molecule has 2 atom stereocenters. The topological polar surface area (TPSA) is 50.1 Å². The molecule has 1 aromatic rings. The molecule has 4 heteroatoms. The summed E-state index contributed by atoms with van der Waals surface area (Å²) < 4.78 is 0. The molecule has 0 spiro atoms. The molecular weight excluding hydrogens is 170 g/mol. The molecule has 0 aromatic carbocycles. The Morgan fingerprint density at radius 1 is 1.58 bits per heavy atom. The zero-order valence-corrected chi connectivity index (χ0v) is 7.60. The normalized spacial score (nSPS) is 29.4. The van der Waals surface area contributed by atoms with Crippen molar-refractivity contribution in [1.82, 2.24) is 10.9 Å². The Morgan fingerprint density at radius 3 is 3.08 bits per heavy atom. The van der Waals surface area contributed by atoms with E-state index in [0.717, 1.165) is 6.42 Å². The van der Waals surface area contributed by atoms with Crippen molar-refractivity contribution in [2.24, 2.45) is 5.73 Å². The van der Waals surface area contributed by atoms with Crippen molar-refractivity contribution in [3.63, 3.8) is 0 Å². The smallest absolute Gasteiger partial charge is 0.0571 e. The van der Waals surface area contributed by atoms with Crippen molar-refractivity contribution >= 4 is 11.3 Å². The molecule has 1 aromatic heterocycles. The first-order valence-electron chi connectivity index (χ1n) is 4.14. The minimum Gasteiger partial charge on any atom is -0.329 e. The van der Waals surface area contributed by atoms with Crippen LogP contribution in [-0.4, -0.2) is 12.6 Å². The van der Waals surface area contributed by atoms with E-state index < -0.39 is 0 Å². The zero-order chi connectivity index (χ0) is 8.39. The summed E-state index contributed by atoms with van der Waals surface area (Å²) in [7, 11) is 0. The van der Waals surface area contributed by atoms with Crippen LogP contribution in [0.5, 0.6) is 0 Å². The summed E-state index contributed by atoms with van der Waals surface area (Å²) in [5.74, 6) is 0.